The number of carbonyl (C=O) groups excluding carboxylic acids is 1. The van der Waals surface area contributed by atoms with Crippen molar-refractivity contribution in [2.75, 3.05) is 53.4 Å². The van der Waals surface area contributed by atoms with Gasteiger partial charge in [0.15, 0.2) is 5.78 Å². The number of hydrogen-bond donors (Lipinski definition) is 2. The number of aromatic hydroxyl groups is 2. The van der Waals surface area contributed by atoms with E-state index in [0.29, 0.717) is 11.7 Å². The van der Waals surface area contributed by atoms with E-state index in [1.807, 2.05) is 24.3 Å². The first kappa shape index (κ1) is 26.1. The van der Waals surface area contributed by atoms with E-state index in [-0.39, 0.29) is 11.5 Å². The third kappa shape index (κ3) is 7.53. The molecule has 2 aromatic rings. The van der Waals surface area contributed by atoms with Gasteiger partial charge in [-0.05, 0) is 93.3 Å². The van der Waals surface area contributed by atoms with Crippen LogP contribution in [-0.4, -0.2) is 84.1 Å². The Morgan fingerprint density at radius 3 is 1.89 bits per heavy atom. The van der Waals surface area contributed by atoms with Crippen molar-refractivity contribution in [2.24, 2.45) is 5.92 Å². The Hall–Kier alpha value is -2.93. The highest BCUT2D eigenvalue weighted by Crippen LogP contribution is 2.27. The van der Waals surface area contributed by atoms with Crippen LogP contribution in [0, 0.1) is 5.92 Å². The number of ketones is 1. The average molecular weight is 490 g/mol. The molecule has 4 rings (SSSR count). The first-order valence-electron chi connectivity index (χ1n) is 13.0. The number of allylic oxidation sites excluding steroid dienone is 2. The number of likely N-dealkylation sites (tertiary alicyclic amines) is 1. The molecule has 0 atom stereocenters. The Labute approximate surface area is 215 Å². The lowest BCUT2D eigenvalue weighted by molar-refractivity contribution is -0.110. The van der Waals surface area contributed by atoms with Crippen molar-refractivity contribution in [3.63, 3.8) is 0 Å². The largest absolute Gasteiger partial charge is 0.508 e. The molecule has 0 aromatic heterocycles. The summed E-state index contributed by atoms with van der Waals surface area (Å²) in [7, 11) is 4.28. The van der Waals surface area contributed by atoms with Crippen LogP contribution in [0.5, 0.6) is 11.5 Å². The van der Waals surface area contributed by atoms with Crippen LogP contribution in [0.4, 0.5) is 0 Å². The van der Waals surface area contributed by atoms with Gasteiger partial charge in [0.25, 0.3) is 0 Å². The monoisotopic (exact) mass is 489 g/mol. The molecule has 0 amide bonds. The Balaban J connectivity index is 1.29. The lowest BCUT2D eigenvalue weighted by Gasteiger charge is -2.32. The molecular weight excluding hydrogens is 450 g/mol. The van der Waals surface area contributed by atoms with Gasteiger partial charge in [-0.1, -0.05) is 36.4 Å². The second-order valence-corrected chi connectivity index (χ2v) is 10.4. The van der Waals surface area contributed by atoms with Crippen LogP contribution in [0.25, 0.3) is 12.2 Å². The van der Waals surface area contributed by atoms with E-state index in [1.165, 1.54) is 12.2 Å². The zero-order valence-electron chi connectivity index (χ0n) is 21.6. The molecule has 192 valence electrons. The van der Waals surface area contributed by atoms with Crippen molar-refractivity contribution in [1.29, 1.82) is 0 Å². The Morgan fingerprint density at radius 1 is 0.806 bits per heavy atom. The predicted molar refractivity (Wildman–Crippen MR) is 146 cm³/mol. The van der Waals surface area contributed by atoms with Gasteiger partial charge >= 0.3 is 0 Å². The van der Waals surface area contributed by atoms with Crippen LogP contribution in [0.15, 0.2) is 48.6 Å². The zero-order chi connectivity index (χ0) is 25.5. The van der Waals surface area contributed by atoms with Crippen LogP contribution >= 0.6 is 0 Å². The number of piperazine rings is 1. The molecule has 2 heterocycles. The number of hydrogen-bond acceptors (Lipinski definition) is 6. The highest BCUT2D eigenvalue weighted by Gasteiger charge is 2.18. The Kier molecular flexibility index (Phi) is 8.97. The summed E-state index contributed by atoms with van der Waals surface area (Å²) < 4.78 is 0. The summed E-state index contributed by atoms with van der Waals surface area (Å²) in [6.45, 7) is 7.03. The first-order valence-corrected chi connectivity index (χ1v) is 13.0. The van der Waals surface area contributed by atoms with Gasteiger partial charge in [-0.25, -0.2) is 0 Å². The maximum Gasteiger partial charge on any atom is 0.178 e. The van der Waals surface area contributed by atoms with Gasteiger partial charge in [-0.2, -0.15) is 0 Å². The summed E-state index contributed by atoms with van der Waals surface area (Å²) in [5.74, 6) is 1.02. The molecule has 0 unspecified atom stereocenters. The topological polar surface area (TPSA) is 67.3 Å². The average Bonchev–Trinajstić information content (AvgIpc) is 2.87. The molecule has 0 aliphatic carbocycles. The maximum absolute atomic E-state index is 12.4. The van der Waals surface area contributed by atoms with Crippen molar-refractivity contribution in [3.8, 4) is 11.5 Å². The van der Waals surface area contributed by atoms with Gasteiger partial charge in [0.2, 0.25) is 0 Å². The second-order valence-electron chi connectivity index (χ2n) is 10.4. The Bertz CT molecular complexity index is 1010. The van der Waals surface area contributed by atoms with Crippen LogP contribution in [0.3, 0.4) is 0 Å². The summed E-state index contributed by atoms with van der Waals surface area (Å²) in [5, 5.41) is 20.9. The fourth-order valence-electron chi connectivity index (χ4n) is 4.91. The van der Waals surface area contributed by atoms with E-state index < -0.39 is 0 Å². The number of nitrogens with zero attached hydrogens (tertiary/aromatic N) is 3. The van der Waals surface area contributed by atoms with Crippen molar-refractivity contribution in [2.45, 2.75) is 25.8 Å². The standard InChI is InChI=1S/C30H39N3O3/c1-31-13-11-25(12-14-31)19-26-7-3-23(20-29(26)35)5-9-28(34)10-6-24-4-8-27(30(36)21-24)22-33-17-15-32(2)16-18-33/h3-10,20-21,25,35-36H,11-19,22H2,1-2H3/b9-5+,10-6+. The van der Waals surface area contributed by atoms with Gasteiger partial charge in [0, 0.05) is 38.3 Å². The summed E-state index contributed by atoms with van der Waals surface area (Å²) in [6, 6.07) is 11.2. The lowest BCUT2D eigenvalue weighted by atomic mass is 9.89. The molecule has 2 aliphatic rings. The van der Waals surface area contributed by atoms with Crippen molar-refractivity contribution < 1.29 is 15.0 Å². The fraction of sp³-hybridized carbons (Fsp3) is 0.433. The molecule has 0 radical (unpaired) electrons. The van der Waals surface area contributed by atoms with Crippen molar-refractivity contribution in [1.82, 2.24) is 14.7 Å². The third-order valence-corrected chi connectivity index (χ3v) is 7.44. The molecule has 2 saturated heterocycles. The molecule has 2 N–H and O–H groups in total. The summed E-state index contributed by atoms with van der Waals surface area (Å²) >= 11 is 0. The predicted octanol–water partition coefficient (Wildman–Crippen LogP) is 4.03. The maximum atomic E-state index is 12.4. The molecule has 2 aromatic carbocycles. The van der Waals surface area contributed by atoms with E-state index in [1.54, 1.807) is 24.3 Å². The summed E-state index contributed by atoms with van der Waals surface area (Å²) in [4.78, 5) is 19.4. The molecule has 36 heavy (non-hydrogen) atoms. The number of phenolic OH excluding ortho intramolecular Hbond substituents is 2. The second kappa shape index (κ2) is 12.3. The minimum absolute atomic E-state index is 0.147. The van der Waals surface area contributed by atoms with Gasteiger partial charge in [0.1, 0.15) is 11.5 Å². The van der Waals surface area contributed by atoms with Crippen LogP contribution in [0.2, 0.25) is 0 Å². The van der Waals surface area contributed by atoms with Crippen LogP contribution < -0.4 is 0 Å². The van der Waals surface area contributed by atoms with Crippen molar-refractivity contribution in [3.05, 3.63) is 70.8 Å². The number of likely N-dealkylation sites (N-methyl/N-ethyl adjacent to an activating group) is 1. The fourth-order valence-corrected chi connectivity index (χ4v) is 4.91. The molecule has 6 nitrogen and oxygen atoms in total. The van der Waals surface area contributed by atoms with Gasteiger partial charge in [0.05, 0.1) is 0 Å². The molecule has 2 aliphatic heterocycles. The molecule has 2 fully saturated rings. The first-order chi connectivity index (χ1) is 17.4. The van der Waals surface area contributed by atoms with E-state index in [2.05, 4.69) is 28.8 Å². The van der Waals surface area contributed by atoms with Gasteiger partial charge < -0.3 is 20.0 Å². The number of benzene rings is 2. The minimum atomic E-state index is -0.147. The summed E-state index contributed by atoms with van der Waals surface area (Å²) in [5.41, 5.74) is 3.46. The van der Waals surface area contributed by atoms with Crippen LogP contribution in [0.1, 0.15) is 35.1 Å². The highest BCUT2D eigenvalue weighted by molar-refractivity contribution is 6.04. The van der Waals surface area contributed by atoms with Gasteiger partial charge in [-0.15, -0.1) is 0 Å². The van der Waals surface area contributed by atoms with E-state index in [4.69, 9.17) is 0 Å². The SMILES string of the molecule is CN1CCC(Cc2ccc(/C=C/C(=O)/C=C/c3ccc(CN4CCN(C)CC4)c(O)c3)cc2O)CC1. The number of rotatable bonds is 8. The molecule has 0 saturated carbocycles. The highest BCUT2D eigenvalue weighted by atomic mass is 16.3. The molecule has 0 bridgehead atoms. The number of carbonyl (C=O) groups is 1. The van der Waals surface area contributed by atoms with Gasteiger partial charge in [-0.3, -0.25) is 9.69 Å². The summed E-state index contributed by atoms with van der Waals surface area (Å²) in [6.07, 6.45) is 9.66. The molecular formula is C30H39N3O3. The molecule has 0 spiro atoms. The number of phenols is 2. The smallest absolute Gasteiger partial charge is 0.178 e. The van der Waals surface area contributed by atoms with Crippen LogP contribution in [-0.2, 0) is 17.8 Å². The number of piperidine rings is 1. The van der Waals surface area contributed by atoms with Crippen molar-refractivity contribution >= 4 is 17.9 Å². The zero-order valence-corrected chi connectivity index (χ0v) is 21.6. The quantitative estimate of drug-likeness (QED) is 0.546. The van der Waals surface area contributed by atoms with E-state index in [9.17, 15) is 15.0 Å². The third-order valence-electron chi connectivity index (χ3n) is 7.44. The Morgan fingerprint density at radius 2 is 1.33 bits per heavy atom. The molecule has 6 heteroatoms. The minimum Gasteiger partial charge on any atom is -0.508 e. The van der Waals surface area contributed by atoms with E-state index >= 15 is 0 Å². The normalized spacial score (nSPS) is 18.9. The lowest BCUT2D eigenvalue weighted by Crippen LogP contribution is -2.43. The van der Waals surface area contributed by atoms with E-state index in [0.717, 1.165) is 87.3 Å².